The summed E-state index contributed by atoms with van der Waals surface area (Å²) in [4.78, 5) is 7.90. The fourth-order valence-corrected chi connectivity index (χ4v) is 1.27. The van der Waals surface area contributed by atoms with Gasteiger partial charge in [0.05, 0.1) is 11.2 Å². The van der Waals surface area contributed by atoms with Crippen molar-refractivity contribution in [1.29, 1.82) is 0 Å². The zero-order valence-corrected chi connectivity index (χ0v) is 8.37. The van der Waals surface area contributed by atoms with Crippen LogP contribution in [0.4, 0.5) is 15.9 Å². The first kappa shape index (κ1) is 9.86. The molecule has 0 amide bonds. The van der Waals surface area contributed by atoms with Gasteiger partial charge in [0.2, 0.25) is 0 Å². The minimum absolute atomic E-state index is 0.0730. The maximum atomic E-state index is 12.8. The van der Waals surface area contributed by atoms with Gasteiger partial charge in [0.15, 0.2) is 0 Å². The number of nitrogens with one attached hydrogen (secondary N) is 1. The molecule has 1 aromatic carbocycles. The molecule has 0 aliphatic rings. The van der Waals surface area contributed by atoms with Crippen molar-refractivity contribution in [2.24, 2.45) is 0 Å². The monoisotopic (exact) mass is 223 g/mol. The zero-order chi connectivity index (χ0) is 10.7. The van der Waals surface area contributed by atoms with Gasteiger partial charge >= 0.3 is 0 Å². The molecule has 0 saturated heterocycles. The summed E-state index contributed by atoms with van der Waals surface area (Å²) in [5, 5.41) is 3.02. The molecule has 76 valence electrons. The summed E-state index contributed by atoms with van der Waals surface area (Å²) < 4.78 is 12.8. The van der Waals surface area contributed by atoms with Crippen LogP contribution >= 0.6 is 11.6 Å². The van der Waals surface area contributed by atoms with Crippen LogP contribution < -0.4 is 5.32 Å². The highest BCUT2D eigenvalue weighted by Gasteiger charge is 2.01. The predicted octanol–water partition coefficient (Wildman–Crippen LogP) is 3.01. The molecule has 0 bridgehead atoms. The highest BCUT2D eigenvalue weighted by molar-refractivity contribution is 6.31. The van der Waals surface area contributed by atoms with Crippen LogP contribution in [0.3, 0.4) is 0 Å². The van der Waals surface area contributed by atoms with E-state index in [4.69, 9.17) is 11.6 Å². The SMILES string of the molecule is Fc1ccc(Nc2cnccn2)cc1Cl. The molecule has 15 heavy (non-hydrogen) atoms. The molecule has 0 atom stereocenters. The van der Waals surface area contributed by atoms with E-state index in [0.717, 1.165) is 0 Å². The second kappa shape index (κ2) is 4.23. The second-order valence-corrected chi connectivity index (χ2v) is 3.25. The normalized spacial score (nSPS) is 10.0. The summed E-state index contributed by atoms with van der Waals surface area (Å²) in [5.74, 6) is 0.140. The molecule has 0 fully saturated rings. The number of benzene rings is 1. The summed E-state index contributed by atoms with van der Waals surface area (Å²) in [5.41, 5.74) is 0.668. The van der Waals surface area contributed by atoms with E-state index in [0.29, 0.717) is 11.5 Å². The van der Waals surface area contributed by atoms with Crippen LogP contribution in [0.1, 0.15) is 0 Å². The van der Waals surface area contributed by atoms with Crippen LogP contribution in [0.25, 0.3) is 0 Å². The number of aromatic nitrogens is 2. The first-order chi connectivity index (χ1) is 7.25. The van der Waals surface area contributed by atoms with E-state index >= 15 is 0 Å². The molecule has 2 aromatic rings. The summed E-state index contributed by atoms with van der Waals surface area (Å²) in [7, 11) is 0. The van der Waals surface area contributed by atoms with Crippen molar-refractivity contribution in [3.63, 3.8) is 0 Å². The van der Waals surface area contributed by atoms with Crippen molar-refractivity contribution in [3.8, 4) is 0 Å². The van der Waals surface area contributed by atoms with Crippen molar-refractivity contribution in [3.05, 3.63) is 47.6 Å². The quantitative estimate of drug-likeness (QED) is 0.851. The van der Waals surface area contributed by atoms with E-state index in [1.165, 1.54) is 12.1 Å². The molecular formula is C10H7ClFN3. The number of hydrogen-bond acceptors (Lipinski definition) is 3. The van der Waals surface area contributed by atoms with E-state index in [1.807, 2.05) is 0 Å². The van der Waals surface area contributed by atoms with E-state index in [9.17, 15) is 4.39 Å². The average molecular weight is 224 g/mol. The number of anilines is 2. The Morgan fingerprint density at radius 1 is 1.27 bits per heavy atom. The molecule has 1 aromatic heterocycles. The maximum Gasteiger partial charge on any atom is 0.148 e. The van der Waals surface area contributed by atoms with Crippen molar-refractivity contribution in [2.45, 2.75) is 0 Å². The highest BCUT2D eigenvalue weighted by atomic mass is 35.5. The number of nitrogens with zero attached hydrogens (tertiary/aromatic N) is 2. The predicted molar refractivity (Wildman–Crippen MR) is 56.7 cm³/mol. The van der Waals surface area contributed by atoms with Gasteiger partial charge in [-0.1, -0.05) is 11.6 Å². The molecule has 0 radical (unpaired) electrons. The molecule has 3 nitrogen and oxygen atoms in total. The topological polar surface area (TPSA) is 37.8 Å². The summed E-state index contributed by atoms with van der Waals surface area (Å²) >= 11 is 5.63. The minimum atomic E-state index is -0.443. The van der Waals surface area contributed by atoms with Crippen LogP contribution in [0.5, 0.6) is 0 Å². The van der Waals surface area contributed by atoms with Gasteiger partial charge < -0.3 is 5.32 Å². The molecule has 5 heteroatoms. The first-order valence-corrected chi connectivity index (χ1v) is 4.61. The smallest absolute Gasteiger partial charge is 0.148 e. The van der Waals surface area contributed by atoms with Gasteiger partial charge in [-0.3, -0.25) is 4.98 Å². The summed E-state index contributed by atoms with van der Waals surface area (Å²) in [6.07, 6.45) is 4.70. The second-order valence-electron chi connectivity index (χ2n) is 2.84. The summed E-state index contributed by atoms with van der Waals surface area (Å²) in [6.45, 7) is 0. The van der Waals surface area contributed by atoms with E-state index < -0.39 is 5.82 Å². The molecular weight excluding hydrogens is 217 g/mol. The fraction of sp³-hybridized carbons (Fsp3) is 0. The zero-order valence-electron chi connectivity index (χ0n) is 7.61. The van der Waals surface area contributed by atoms with Gasteiger partial charge in [-0.05, 0) is 18.2 Å². The maximum absolute atomic E-state index is 12.8. The third-order valence-electron chi connectivity index (χ3n) is 1.76. The molecule has 0 saturated carbocycles. The van der Waals surface area contributed by atoms with Crippen molar-refractivity contribution in [1.82, 2.24) is 9.97 Å². The van der Waals surface area contributed by atoms with Crippen LogP contribution in [0, 0.1) is 5.82 Å². The molecule has 0 unspecified atom stereocenters. The van der Waals surface area contributed by atoms with Crippen LogP contribution in [-0.2, 0) is 0 Å². The Bertz CT molecular complexity index is 461. The Labute approximate surface area is 90.9 Å². The minimum Gasteiger partial charge on any atom is -0.339 e. The lowest BCUT2D eigenvalue weighted by Crippen LogP contribution is -1.93. The molecule has 1 N–H and O–H groups in total. The van der Waals surface area contributed by atoms with Crippen LogP contribution in [0.2, 0.25) is 5.02 Å². The lowest BCUT2D eigenvalue weighted by atomic mass is 10.3. The average Bonchev–Trinajstić information content (AvgIpc) is 2.25. The van der Waals surface area contributed by atoms with E-state index in [1.54, 1.807) is 24.7 Å². The van der Waals surface area contributed by atoms with Crippen molar-refractivity contribution in [2.75, 3.05) is 5.32 Å². The van der Waals surface area contributed by atoms with Crippen molar-refractivity contribution >= 4 is 23.1 Å². The fourth-order valence-electron chi connectivity index (χ4n) is 1.09. The van der Waals surface area contributed by atoms with Gasteiger partial charge in [-0.15, -0.1) is 0 Å². The Morgan fingerprint density at radius 3 is 2.80 bits per heavy atom. The highest BCUT2D eigenvalue weighted by Crippen LogP contribution is 2.21. The Kier molecular flexibility index (Phi) is 2.78. The first-order valence-electron chi connectivity index (χ1n) is 4.24. The number of rotatable bonds is 2. The van der Waals surface area contributed by atoms with Gasteiger partial charge in [0, 0.05) is 18.1 Å². The van der Waals surface area contributed by atoms with Gasteiger partial charge in [-0.25, -0.2) is 9.37 Å². The molecule has 2 rings (SSSR count). The third-order valence-corrected chi connectivity index (χ3v) is 2.04. The molecule has 0 spiro atoms. The van der Waals surface area contributed by atoms with E-state index in [-0.39, 0.29) is 5.02 Å². The largest absolute Gasteiger partial charge is 0.339 e. The molecule has 0 aliphatic heterocycles. The summed E-state index contributed by atoms with van der Waals surface area (Å²) in [6, 6.07) is 4.36. The Hall–Kier alpha value is -1.68. The third kappa shape index (κ3) is 2.41. The number of hydrogen-bond donors (Lipinski definition) is 1. The Balaban J connectivity index is 2.22. The van der Waals surface area contributed by atoms with Crippen LogP contribution in [0.15, 0.2) is 36.8 Å². The van der Waals surface area contributed by atoms with Gasteiger partial charge in [0.1, 0.15) is 11.6 Å². The van der Waals surface area contributed by atoms with Gasteiger partial charge in [0.25, 0.3) is 0 Å². The lowest BCUT2D eigenvalue weighted by molar-refractivity contribution is 0.628. The lowest BCUT2D eigenvalue weighted by Gasteiger charge is -2.04. The van der Waals surface area contributed by atoms with E-state index in [2.05, 4.69) is 15.3 Å². The Morgan fingerprint density at radius 2 is 2.13 bits per heavy atom. The van der Waals surface area contributed by atoms with Crippen LogP contribution in [-0.4, -0.2) is 9.97 Å². The standard InChI is InChI=1S/C10H7ClFN3/c11-8-5-7(1-2-9(8)12)15-10-6-13-3-4-14-10/h1-6H,(H,14,15). The molecule has 0 aliphatic carbocycles. The number of halogens is 2. The molecule has 1 heterocycles. The van der Waals surface area contributed by atoms with Gasteiger partial charge in [-0.2, -0.15) is 0 Å². The van der Waals surface area contributed by atoms with Crippen molar-refractivity contribution < 1.29 is 4.39 Å².